The van der Waals surface area contributed by atoms with Crippen molar-refractivity contribution < 1.29 is 18.0 Å². The lowest BCUT2D eigenvalue weighted by atomic mass is 10.1. The lowest BCUT2D eigenvalue weighted by molar-refractivity contribution is -0.140. The van der Waals surface area contributed by atoms with Crippen molar-refractivity contribution in [1.29, 1.82) is 0 Å². The third-order valence-corrected chi connectivity index (χ3v) is 7.49. The van der Waals surface area contributed by atoms with Crippen LogP contribution in [-0.2, 0) is 12.7 Å². The van der Waals surface area contributed by atoms with Crippen LogP contribution in [0.4, 0.5) is 18.9 Å². The molecule has 1 aliphatic rings. The number of alkyl halides is 3. The fraction of sp³-hybridized carbons (Fsp3) is 0.364. The van der Waals surface area contributed by atoms with E-state index in [2.05, 4.69) is 21.3 Å². The molecule has 1 amide bonds. The highest BCUT2D eigenvalue weighted by molar-refractivity contribution is 7.99. The van der Waals surface area contributed by atoms with Crippen LogP contribution >= 0.6 is 23.1 Å². The van der Waals surface area contributed by atoms with Crippen LogP contribution in [0.2, 0.25) is 0 Å². The van der Waals surface area contributed by atoms with Crippen LogP contribution in [0.5, 0.6) is 0 Å². The van der Waals surface area contributed by atoms with Crippen molar-refractivity contribution in [1.82, 2.24) is 9.88 Å². The highest BCUT2D eigenvalue weighted by Gasteiger charge is 2.33. The summed E-state index contributed by atoms with van der Waals surface area (Å²) in [4.78, 5) is 19.6. The summed E-state index contributed by atoms with van der Waals surface area (Å²) in [5.41, 5.74) is 2.53. The molecular formula is C22H22F3N3OS2. The van der Waals surface area contributed by atoms with Crippen LogP contribution < -0.4 is 5.32 Å². The largest absolute Gasteiger partial charge is 0.433 e. The smallest absolute Gasteiger partial charge is 0.321 e. The van der Waals surface area contributed by atoms with Gasteiger partial charge in [0, 0.05) is 42.2 Å². The molecule has 1 saturated heterocycles. The fourth-order valence-corrected chi connectivity index (χ4v) is 5.69. The van der Waals surface area contributed by atoms with E-state index in [0.717, 1.165) is 54.1 Å². The molecule has 0 unspecified atom stereocenters. The molecule has 1 N–H and O–H groups in total. The fourth-order valence-electron chi connectivity index (χ4n) is 3.63. The van der Waals surface area contributed by atoms with Gasteiger partial charge in [-0.15, -0.1) is 11.3 Å². The van der Waals surface area contributed by atoms with Crippen molar-refractivity contribution in [3.63, 3.8) is 0 Å². The van der Waals surface area contributed by atoms with E-state index in [1.54, 1.807) is 6.92 Å². The molecule has 164 valence electrons. The van der Waals surface area contributed by atoms with E-state index in [1.165, 1.54) is 11.6 Å². The van der Waals surface area contributed by atoms with E-state index in [0.29, 0.717) is 21.5 Å². The van der Waals surface area contributed by atoms with Crippen LogP contribution in [-0.4, -0.2) is 40.4 Å². The number of hydrogen-bond acceptors (Lipinski definition) is 5. The van der Waals surface area contributed by atoms with Gasteiger partial charge in [0.2, 0.25) is 0 Å². The number of carbonyl (C=O) groups excluding carboxylic acids is 1. The molecule has 31 heavy (non-hydrogen) atoms. The van der Waals surface area contributed by atoms with Crippen molar-refractivity contribution in [2.75, 3.05) is 29.9 Å². The minimum Gasteiger partial charge on any atom is -0.321 e. The van der Waals surface area contributed by atoms with Gasteiger partial charge in [0.1, 0.15) is 10.5 Å². The van der Waals surface area contributed by atoms with E-state index in [9.17, 15) is 18.0 Å². The number of thiophene rings is 1. The van der Waals surface area contributed by atoms with Crippen molar-refractivity contribution in [2.24, 2.45) is 0 Å². The monoisotopic (exact) mass is 465 g/mol. The van der Waals surface area contributed by atoms with Gasteiger partial charge in [0.05, 0.1) is 4.88 Å². The second kappa shape index (κ2) is 8.80. The first kappa shape index (κ1) is 22.1. The number of fused-ring (bicyclic) bond motifs is 1. The number of halogens is 3. The van der Waals surface area contributed by atoms with Crippen molar-refractivity contribution in [3.8, 4) is 0 Å². The molecule has 0 saturated carbocycles. The SMILES string of the molecule is Cc1cc(CN2CCSCC2)ccc1NC(=O)c1sc2nc(C(F)(F)F)ccc2c1C. The van der Waals surface area contributed by atoms with Crippen LogP contribution in [0, 0.1) is 13.8 Å². The predicted octanol–water partition coefficient (Wildman–Crippen LogP) is 5.73. The number of rotatable bonds is 4. The Hall–Kier alpha value is -2.10. The number of thioether (sulfide) groups is 1. The summed E-state index contributed by atoms with van der Waals surface area (Å²) in [6, 6.07) is 8.32. The highest BCUT2D eigenvalue weighted by atomic mass is 32.2. The molecule has 1 fully saturated rings. The molecule has 3 aromatic rings. The molecule has 0 atom stereocenters. The molecule has 1 aromatic carbocycles. The number of nitrogens with zero attached hydrogens (tertiary/aromatic N) is 2. The van der Waals surface area contributed by atoms with E-state index in [4.69, 9.17) is 0 Å². The lowest BCUT2D eigenvalue weighted by Gasteiger charge is -2.26. The van der Waals surface area contributed by atoms with Crippen molar-refractivity contribution in [2.45, 2.75) is 26.6 Å². The third kappa shape index (κ3) is 4.88. The Morgan fingerprint density at radius 2 is 1.90 bits per heavy atom. The van der Waals surface area contributed by atoms with Crippen LogP contribution in [0.15, 0.2) is 30.3 Å². The normalized spacial score (nSPS) is 15.4. The number of anilines is 1. The number of benzene rings is 1. The Kier molecular flexibility index (Phi) is 6.27. The molecule has 4 rings (SSSR count). The summed E-state index contributed by atoms with van der Waals surface area (Å²) in [6.07, 6.45) is -4.51. The van der Waals surface area contributed by atoms with Gasteiger partial charge < -0.3 is 5.32 Å². The maximum absolute atomic E-state index is 13.0. The number of pyridine rings is 1. The Balaban J connectivity index is 1.52. The van der Waals surface area contributed by atoms with Gasteiger partial charge in [-0.1, -0.05) is 12.1 Å². The first-order chi connectivity index (χ1) is 14.7. The molecule has 9 heteroatoms. The molecule has 3 heterocycles. The zero-order chi connectivity index (χ0) is 22.2. The summed E-state index contributed by atoms with van der Waals surface area (Å²) in [5.74, 6) is 1.97. The summed E-state index contributed by atoms with van der Waals surface area (Å²) in [7, 11) is 0. The average Bonchev–Trinajstić information content (AvgIpc) is 3.06. The first-order valence-corrected chi connectivity index (χ1v) is 11.9. The summed E-state index contributed by atoms with van der Waals surface area (Å²) >= 11 is 2.96. The number of aryl methyl sites for hydroxylation is 2. The van der Waals surface area contributed by atoms with Gasteiger partial charge in [-0.3, -0.25) is 9.69 Å². The molecule has 0 aliphatic carbocycles. The molecule has 0 bridgehead atoms. The Morgan fingerprint density at radius 3 is 2.58 bits per heavy atom. The van der Waals surface area contributed by atoms with Gasteiger partial charge in [-0.2, -0.15) is 24.9 Å². The highest BCUT2D eigenvalue weighted by Crippen LogP contribution is 2.34. The number of hydrogen-bond donors (Lipinski definition) is 1. The second-order valence-corrected chi connectivity index (χ2v) is 9.82. The van der Waals surface area contributed by atoms with Crippen molar-refractivity contribution >= 4 is 44.9 Å². The summed E-state index contributed by atoms with van der Waals surface area (Å²) < 4.78 is 38.9. The molecule has 0 radical (unpaired) electrons. The third-order valence-electron chi connectivity index (χ3n) is 5.35. The summed E-state index contributed by atoms with van der Waals surface area (Å²) in [5, 5.41) is 3.47. The predicted molar refractivity (Wildman–Crippen MR) is 121 cm³/mol. The number of aromatic nitrogens is 1. The molecule has 4 nitrogen and oxygen atoms in total. The van der Waals surface area contributed by atoms with E-state index < -0.39 is 11.9 Å². The molecular weight excluding hydrogens is 443 g/mol. The minimum atomic E-state index is -4.51. The molecule has 2 aromatic heterocycles. The minimum absolute atomic E-state index is 0.212. The molecule has 1 aliphatic heterocycles. The Bertz CT molecular complexity index is 1120. The van der Waals surface area contributed by atoms with Gasteiger partial charge in [0.25, 0.3) is 5.91 Å². The topological polar surface area (TPSA) is 45.2 Å². The molecule has 0 spiro atoms. The average molecular weight is 466 g/mol. The van der Waals surface area contributed by atoms with Crippen LogP contribution in [0.25, 0.3) is 10.2 Å². The zero-order valence-corrected chi connectivity index (χ0v) is 18.8. The maximum Gasteiger partial charge on any atom is 0.433 e. The maximum atomic E-state index is 13.0. The van der Waals surface area contributed by atoms with E-state index in [1.807, 2.05) is 30.8 Å². The summed E-state index contributed by atoms with van der Waals surface area (Å²) in [6.45, 7) is 6.73. The van der Waals surface area contributed by atoms with Gasteiger partial charge in [-0.25, -0.2) is 4.98 Å². The standard InChI is InChI=1S/C22H22F3N3OS2/c1-13-11-15(12-28-7-9-30-10-8-28)3-5-17(13)26-20(29)19-14(2)16-4-6-18(22(23,24)25)27-21(16)31-19/h3-6,11H,7-10,12H2,1-2H3,(H,26,29). The zero-order valence-electron chi connectivity index (χ0n) is 17.2. The van der Waals surface area contributed by atoms with Crippen molar-refractivity contribution in [3.05, 3.63) is 57.6 Å². The van der Waals surface area contributed by atoms with E-state index in [-0.39, 0.29) is 10.7 Å². The van der Waals surface area contributed by atoms with Crippen LogP contribution in [0.3, 0.4) is 0 Å². The number of carbonyl (C=O) groups is 1. The Morgan fingerprint density at radius 1 is 1.16 bits per heavy atom. The van der Waals surface area contributed by atoms with Gasteiger partial charge in [-0.05, 0) is 48.7 Å². The second-order valence-electron chi connectivity index (χ2n) is 7.60. The van der Waals surface area contributed by atoms with Gasteiger partial charge in [0.15, 0.2) is 0 Å². The quantitative estimate of drug-likeness (QED) is 0.534. The van der Waals surface area contributed by atoms with E-state index >= 15 is 0 Å². The Labute approximate surface area is 186 Å². The number of amides is 1. The lowest BCUT2D eigenvalue weighted by Crippen LogP contribution is -2.31. The van der Waals surface area contributed by atoms with Gasteiger partial charge >= 0.3 is 6.18 Å². The number of nitrogens with one attached hydrogen (secondary N) is 1. The van der Waals surface area contributed by atoms with Crippen LogP contribution in [0.1, 0.15) is 32.1 Å². The first-order valence-electron chi connectivity index (χ1n) is 9.90.